The van der Waals surface area contributed by atoms with Crippen LogP contribution in [0.2, 0.25) is 10.0 Å². The lowest BCUT2D eigenvalue weighted by molar-refractivity contribution is 0.564. The van der Waals surface area contributed by atoms with E-state index in [-0.39, 0.29) is 5.69 Å². The fourth-order valence-corrected chi connectivity index (χ4v) is 1.72. The van der Waals surface area contributed by atoms with E-state index in [1.807, 2.05) is 0 Å². The van der Waals surface area contributed by atoms with E-state index >= 15 is 0 Å². The summed E-state index contributed by atoms with van der Waals surface area (Å²) in [5.74, 6) is 0. The average Bonchev–Trinajstić information content (AvgIpc) is 2.08. The molecular formula is C9H5Cl2NO2. The van der Waals surface area contributed by atoms with Crippen LogP contribution in [-0.4, -0.2) is 0 Å². The third-order valence-electron chi connectivity index (χ3n) is 1.78. The fraction of sp³-hybridized carbons (Fsp3) is 0. The maximum atomic E-state index is 11.1. The lowest BCUT2D eigenvalue weighted by Gasteiger charge is -2.00. The summed E-state index contributed by atoms with van der Waals surface area (Å²) in [5, 5.41) is 1.37. The molecule has 2 N–H and O–H groups in total. The van der Waals surface area contributed by atoms with Gasteiger partial charge >= 0.3 is 5.63 Å². The number of hydrogen-bond donors (Lipinski definition) is 1. The number of anilines is 1. The molecular weight excluding hydrogens is 225 g/mol. The number of hydrogen-bond acceptors (Lipinski definition) is 3. The van der Waals surface area contributed by atoms with Crippen LogP contribution in [0.25, 0.3) is 11.0 Å². The quantitative estimate of drug-likeness (QED) is 0.707. The van der Waals surface area contributed by atoms with Crippen LogP contribution in [0.15, 0.2) is 27.4 Å². The summed E-state index contributed by atoms with van der Waals surface area (Å²) < 4.78 is 4.91. The minimum Gasteiger partial charge on any atom is -0.420 e. The van der Waals surface area contributed by atoms with Crippen molar-refractivity contribution in [3.05, 3.63) is 38.7 Å². The smallest absolute Gasteiger partial charge is 0.359 e. The van der Waals surface area contributed by atoms with Crippen molar-refractivity contribution in [2.75, 3.05) is 5.73 Å². The normalized spacial score (nSPS) is 10.7. The van der Waals surface area contributed by atoms with E-state index in [1.165, 1.54) is 12.1 Å². The van der Waals surface area contributed by atoms with Crippen molar-refractivity contribution >= 4 is 39.9 Å². The number of benzene rings is 1. The molecule has 5 heteroatoms. The van der Waals surface area contributed by atoms with Gasteiger partial charge in [0, 0.05) is 10.4 Å². The first-order valence-electron chi connectivity index (χ1n) is 3.76. The maximum absolute atomic E-state index is 11.1. The molecule has 0 radical (unpaired) electrons. The molecule has 0 spiro atoms. The number of nitrogen functional groups attached to an aromatic ring is 1. The van der Waals surface area contributed by atoms with E-state index in [0.29, 0.717) is 21.0 Å². The van der Waals surface area contributed by atoms with Crippen LogP contribution in [0.5, 0.6) is 0 Å². The SMILES string of the molecule is Nc1cc2cc(Cl)cc(Cl)c2oc1=O. The summed E-state index contributed by atoms with van der Waals surface area (Å²) in [7, 11) is 0. The third-order valence-corrected chi connectivity index (χ3v) is 2.28. The minimum atomic E-state index is -0.596. The zero-order valence-corrected chi connectivity index (χ0v) is 8.39. The molecule has 0 amide bonds. The van der Waals surface area contributed by atoms with E-state index in [0.717, 1.165) is 0 Å². The Labute approximate surface area is 89.0 Å². The molecule has 1 aromatic carbocycles. The van der Waals surface area contributed by atoms with Crippen LogP contribution in [0, 0.1) is 0 Å². The Balaban J connectivity index is 2.96. The van der Waals surface area contributed by atoms with Gasteiger partial charge in [-0.1, -0.05) is 23.2 Å². The molecule has 1 aromatic heterocycles. The van der Waals surface area contributed by atoms with Gasteiger partial charge in [-0.15, -0.1) is 0 Å². The first-order chi connectivity index (χ1) is 6.58. The minimum absolute atomic E-state index is 0.0378. The van der Waals surface area contributed by atoms with E-state index < -0.39 is 5.63 Å². The maximum Gasteiger partial charge on any atom is 0.359 e. The second-order valence-electron chi connectivity index (χ2n) is 2.80. The molecule has 2 aromatic rings. The van der Waals surface area contributed by atoms with Crippen LogP contribution in [0.4, 0.5) is 5.69 Å². The Morgan fingerprint density at radius 1 is 1.21 bits per heavy atom. The summed E-state index contributed by atoms with van der Waals surface area (Å²) in [5.41, 5.74) is 5.14. The largest absolute Gasteiger partial charge is 0.420 e. The van der Waals surface area contributed by atoms with Crippen LogP contribution in [0.3, 0.4) is 0 Å². The first kappa shape index (κ1) is 9.37. The van der Waals surface area contributed by atoms with Crippen molar-refractivity contribution in [2.24, 2.45) is 0 Å². The summed E-state index contributed by atoms with van der Waals surface area (Å²) >= 11 is 11.6. The summed E-state index contributed by atoms with van der Waals surface area (Å²) in [6.45, 7) is 0. The van der Waals surface area contributed by atoms with Crippen LogP contribution < -0.4 is 11.4 Å². The molecule has 1 heterocycles. The van der Waals surface area contributed by atoms with Gasteiger partial charge in [0.1, 0.15) is 5.69 Å². The van der Waals surface area contributed by atoms with E-state index in [1.54, 1.807) is 6.07 Å². The number of halogens is 2. The molecule has 0 saturated heterocycles. The molecule has 0 saturated carbocycles. The Morgan fingerprint density at radius 3 is 2.64 bits per heavy atom. The Morgan fingerprint density at radius 2 is 1.93 bits per heavy atom. The molecule has 72 valence electrons. The molecule has 0 aliphatic rings. The lowest BCUT2D eigenvalue weighted by Crippen LogP contribution is -2.05. The molecule has 0 aliphatic heterocycles. The van der Waals surface area contributed by atoms with Gasteiger partial charge in [-0.2, -0.15) is 0 Å². The number of nitrogens with two attached hydrogens (primary N) is 1. The average molecular weight is 230 g/mol. The Kier molecular flexibility index (Phi) is 2.13. The predicted molar refractivity (Wildman–Crippen MR) is 56.9 cm³/mol. The molecule has 3 nitrogen and oxygen atoms in total. The monoisotopic (exact) mass is 229 g/mol. The number of fused-ring (bicyclic) bond motifs is 1. The van der Waals surface area contributed by atoms with Crippen molar-refractivity contribution in [2.45, 2.75) is 0 Å². The molecule has 0 aliphatic carbocycles. The highest BCUT2D eigenvalue weighted by atomic mass is 35.5. The van der Waals surface area contributed by atoms with Gasteiger partial charge in [0.15, 0.2) is 5.58 Å². The molecule has 0 bridgehead atoms. The summed E-state index contributed by atoms with van der Waals surface area (Å²) in [4.78, 5) is 11.1. The van der Waals surface area contributed by atoms with Crippen molar-refractivity contribution in [1.29, 1.82) is 0 Å². The van der Waals surface area contributed by atoms with Crippen molar-refractivity contribution < 1.29 is 4.42 Å². The zero-order chi connectivity index (χ0) is 10.3. The van der Waals surface area contributed by atoms with Crippen LogP contribution in [-0.2, 0) is 0 Å². The molecule has 2 rings (SSSR count). The first-order valence-corrected chi connectivity index (χ1v) is 4.52. The Hall–Kier alpha value is -1.19. The second kappa shape index (κ2) is 3.19. The van der Waals surface area contributed by atoms with E-state index in [2.05, 4.69) is 0 Å². The van der Waals surface area contributed by atoms with Gasteiger partial charge in [-0.05, 0) is 18.2 Å². The van der Waals surface area contributed by atoms with Gasteiger partial charge in [-0.25, -0.2) is 4.79 Å². The van der Waals surface area contributed by atoms with Crippen molar-refractivity contribution in [3.8, 4) is 0 Å². The van der Waals surface area contributed by atoms with Gasteiger partial charge in [-0.3, -0.25) is 0 Å². The topological polar surface area (TPSA) is 56.2 Å². The predicted octanol–water partition coefficient (Wildman–Crippen LogP) is 2.68. The molecule has 14 heavy (non-hydrogen) atoms. The van der Waals surface area contributed by atoms with Gasteiger partial charge in [0.2, 0.25) is 0 Å². The van der Waals surface area contributed by atoms with E-state index in [4.69, 9.17) is 33.4 Å². The molecule has 0 unspecified atom stereocenters. The van der Waals surface area contributed by atoms with Crippen LogP contribution in [0.1, 0.15) is 0 Å². The highest BCUT2D eigenvalue weighted by Crippen LogP contribution is 2.27. The zero-order valence-electron chi connectivity index (χ0n) is 6.88. The fourth-order valence-electron chi connectivity index (χ4n) is 1.17. The highest BCUT2D eigenvalue weighted by Gasteiger charge is 2.06. The molecule has 0 fully saturated rings. The van der Waals surface area contributed by atoms with Gasteiger partial charge in [0.05, 0.1) is 5.02 Å². The van der Waals surface area contributed by atoms with Gasteiger partial charge < -0.3 is 10.2 Å². The van der Waals surface area contributed by atoms with Crippen molar-refractivity contribution in [3.63, 3.8) is 0 Å². The third kappa shape index (κ3) is 1.45. The van der Waals surface area contributed by atoms with Crippen LogP contribution >= 0.6 is 23.2 Å². The standard InChI is InChI=1S/C9H5Cl2NO2/c10-5-1-4-2-7(12)9(13)14-8(4)6(11)3-5/h1-3H,12H2. The Bertz CT molecular complexity index is 562. The van der Waals surface area contributed by atoms with Crippen molar-refractivity contribution in [1.82, 2.24) is 0 Å². The highest BCUT2D eigenvalue weighted by molar-refractivity contribution is 6.38. The van der Waals surface area contributed by atoms with Gasteiger partial charge in [0.25, 0.3) is 0 Å². The summed E-state index contributed by atoms with van der Waals surface area (Å²) in [6.07, 6.45) is 0. The molecule has 0 atom stereocenters. The summed E-state index contributed by atoms with van der Waals surface area (Å²) in [6, 6.07) is 4.62. The second-order valence-corrected chi connectivity index (χ2v) is 3.64. The lowest BCUT2D eigenvalue weighted by atomic mass is 10.2. The number of rotatable bonds is 0. The van der Waals surface area contributed by atoms with E-state index in [9.17, 15) is 4.79 Å².